The van der Waals surface area contributed by atoms with Crippen molar-refractivity contribution in [3.8, 4) is 0 Å². The van der Waals surface area contributed by atoms with Gasteiger partial charge in [-0.2, -0.15) is 4.98 Å². The largest absolute Gasteiger partial charge is 0.356 e. The van der Waals surface area contributed by atoms with Crippen LogP contribution in [0.1, 0.15) is 45.1 Å². The fourth-order valence-electron chi connectivity index (χ4n) is 3.11. The summed E-state index contributed by atoms with van der Waals surface area (Å²) >= 11 is 0. The Morgan fingerprint density at radius 2 is 2.00 bits per heavy atom. The average Bonchev–Trinajstić information content (AvgIpc) is 2.90. The number of aromatic nitrogens is 4. The molecule has 2 aromatic heterocycles. The molecule has 21 heavy (non-hydrogen) atoms. The topological polar surface area (TPSA) is 84.7 Å². The quantitative estimate of drug-likeness (QED) is 0.894. The summed E-state index contributed by atoms with van der Waals surface area (Å²) in [6.45, 7) is 2.66. The molecule has 2 heterocycles. The number of imidazole rings is 1. The molecule has 2 aromatic rings. The minimum absolute atomic E-state index is 0.137. The van der Waals surface area contributed by atoms with Gasteiger partial charge in [-0.1, -0.05) is 19.3 Å². The summed E-state index contributed by atoms with van der Waals surface area (Å²) in [6.07, 6.45) is 5.38. The first-order chi connectivity index (χ1) is 10.1. The van der Waals surface area contributed by atoms with Crippen molar-refractivity contribution in [3.63, 3.8) is 0 Å². The normalized spacial score (nSPS) is 16.5. The van der Waals surface area contributed by atoms with Gasteiger partial charge < -0.3 is 10.3 Å². The highest BCUT2D eigenvalue weighted by Crippen LogP contribution is 2.28. The number of fused-ring (bicyclic) bond motifs is 1. The Bertz CT molecular complexity index is 764. The van der Waals surface area contributed by atoms with Crippen LogP contribution < -0.4 is 16.6 Å². The molecule has 0 amide bonds. The third kappa shape index (κ3) is 2.26. The van der Waals surface area contributed by atoms with Gasteiger partial charge in [-0.05, 0) is 19.8 Å². The monoisotopic (exact) mass is 291 g/mol. The van der Waals surface area contributed by atoms with Gasteiger partial charge in [0.1, 0.15) is 0 Å². The molecule has 0 radical (unpaired) electrons. The molecule has 0 atom stereocenters. The van der Waals surface area contributed by atoms with Gasteiger partial charge in [-0.15, -0.1) is 0 Å². The Morgan fingerprint density at radius 3 is 2.67 bits per heavy atom. The van der Waals surface area contributed by atoms with Crippen LogP contribution in [0.5, 0.6) is 0 Å². The smallest absolute Gasteiger partial charge is 0.332 e. The molecule has 7 heteroatoms. The van der Waals surface area contributed by atoms with Gasteiger partial charge in [0.15, 0.2) is 11.2 Å². The summed E-state index contributed by atoms with van der Waals surface area (Å²) in [5, 5.41) is 3.06. The molecular weight excluding hydrogens is 270 g/mol. The third-order valence-corrected chi connectivity index (χ3v) is 4.21. The lowest BCUT2D eigenvalue weighted by Crippen LogP contribution is -2.40. The van der Waals surface area contributed by atoms with Gasteiger partial charge in [-0.25, -0.2) is 4.79 Å². The number of rotatable bonds is 3. The van der Waals surface area contributed by atoms with Gasteiger partial charge in [0.25, 0.3) is 5.56 Å². The zero-order valence-electron chi connectivity index (χ0n) is 12.5. The Labute approximate surface area is 122 Å². The average molecular weight is 291 g/mol. The van der Waals surface area contributed by atoms with E-state index >= 15 is 0 Å². The molecule has 1 fully saturated rings. The van der Waals surface area contributed by atoms with Crippen LogP contribution in [0.3, 0.4) is 0 Å². The van der Waals surface area contributed by atoms with Crippen molar-refractivity contribution in [1.29, 1.82) is 0 Å². The maximum absolute atomic E-state index is 12.5. The van der Waals surface area contributed by atoms with E-state index < -0.39 is 0 Å². The van der Waals surface area contributed by atoms with E-state index in [4.69, 9.17) is 0 Å². The molecule has 2 N–H and O–H groups in total. The molecular formula is C14H21N5O2. The summed E-state index contributed by atoms with van der Waals surface area (Å²) in [4.78, 5) is 32.2. The molecule has 0 aromatic carbocycles. The second-order valence-electron chi connectivity index (χ2n) is 5.62. The lowest BCUT2D eigenvalue weighted by Gasteiger charge is -2.24. The predicted molar refractivity (Wildman–Crippen MR) is 81.9 cm³/mol. The molecule has 0 unspecified atom stereocenters. The van der Waals surface area contributed by atoms with Crippen LogP contribution >= 0.6 is 0 Å². The number of aromatic amines is 1. The number of hydrogen-bond donors (Lipinski definition) is 2. The Morgan fingerprint density at radius 1 is 1.29 bits per heavy atom. The lowest BCUT2D eigenvalue weighted by molar-refractivity contribution is 0.345. The van der Waals surface area contributed by atoms with Crippen molar-refractivity contribution in [3.05, 3.63) is 20.8 Å². The number of nitrogens with zero attached hydrogens (tertiary/aromatic N) is 3. The number of anilines is 1. The zero-order valence-corrected chi connectivity index (χ0v) is 12.5. The fourth-order valence-corrected chi connectivity index (χ4v) is 3.11. The van der Waals surface area contributed by atoms with Gasteiger partial charge in [0.2, 0.25) is 5.95 Å². The van der Waals surface area contributed by atoms with Crippen molar-refractivity contribution in [2.45, 2.75) is 45.1 Å². The van der Waals surface area contributed by atoms with E-state index in [0.29, 0.717) is 23.7 Å². The summed E-state index contributed by atoms with van der Waals surface area (Å²) in [7, 11) is 1.52. The molecule has 1 aliphatic rings. The number of H-pyrrole nitrogens is 1. The van der Waals surface area contributed by atoms with Gasteiger partial charge in [0.05, 0.1) is 0 Å². The minimum atomic E-state index is -0.321. The van der Waals surface area contributed by atoms with E-state index in [2.05, 4.69) is 15.3 Å². The Balaban J connectivity index is 2.25. The second-order valence-corrected chi connectivity index (χ2v) is 5.62. The second kappa shape index (κ2) is 5.38. The van der Waals surface area contributed by atoms with E-state index in [9.17, 15) is 9.59 Å². The van der Waals surface area contributed by atoms with Crippen molar-refractivity contribution in [2.24, 2.45) is 7.05 Å². The maximum atomic E-state index is 12.5. The standard InChI is InChI=1S/C14H21N5O2/c1-3-15-13-16-10-11(17-13)19(9-7-5-4-6-8-9)14(21)18(2)12(10)20/h9H,3-8H2,1-2H3,(H2,15,16,17). The Hall–Kier alpha value is -2.05. The van der Waals surface area contributed by atoms with Crippen LogP contribution in [0.2, 0.25) is 0 Å². The van der Waals surface area contributed by atoms with Crippen LogP contribution in [0, 0.1) is 0 Å². The Kier molecular flexibility index (Phi) is 3.57. The highest BCUT2D eigenvalue weighted by Gasteiger charge is 2.23. The van der Waals surface area contributed by atoms with Gasteiger partial charge >= 0.3 is 5.69 Å². The van der Waals surface area contributed by atoms with Crippen LogP contribution in [-0.2, 0) is 7.05 Å². The summed E-state index contributed by atoms with van der Waals surface area (Å²) in [5.74, 6) is 0.541. The van der Waals surface area contributed by atoms with Crippen LogP contribution in [0.15, 0.2) is 9.59 Å². The SMILES string of the molecule is CCNc1nc2c([nH]1)c(=O)n(C)c(=O)n2C1CCCCC1. The van der Waals surface area contributed by atoms with E-state index in [1.807, 2.05) is 6.92 Å². The first-order valence-electron chi connectivity index (χ1n) is 7.58. The fraction of sp³-hybridized carbons (Fsp3) is 0.643. The van der Waals surface area contributed by atoms with E-state index in [-0.39, 0.29) is 17.3 Å². The van der Waals surface area contributed by atoms with Crippen molar-refractivity contribution >= 4 is 17.1 Å². The predicted octanol–water partition coefficient (Wildman–Crippen LogP) is 1.36. The molecule has 114 valence electrons. The first-order valence-corrected chi connectivity index (χ1v) is 7.58. The van der Waals surface area contributed by atoms with Gasteiger partial charge in [-0.3, -0.25) is 13.9 Å². The van der Waals surface area contributed by atoms with E-state index in [0.717, 1.165) is 25.7 Å². The third-order valence-electron chi connectivity index (χ3n) is 4.21. The van der Waals surface area contributed by atoms with E-state index in [1.165, 1.54) is 18.0 Å². The molecule has 1 aliphatic carbocycles. The maximum Gasteiger partial charge on any atom is 0.332 e. The minimum Gasteiger partial charge on any atom is -0.356 e. The van der Waals surface area contributed by atoms with Crippen LogP contribution in [0.4, 0.5) is 5.95 Å². The number of hydrogen-bond acceptors (Lipinski definition) is 4. The lowest BCUT2D eigenvalue weighted by atomic mass is 9.95. The molecule has 0 bridgehead atoms. The van der Waals surface area contributed by atoms with Crippen LogP contribution in [0.25, 0.3) is 11.2 Å². The van der Waals surface area contributed by atoms with Crippen molar-refractivity contribution < 1.29 is 0 Å². The van der Waals surface area contributed by atoms with Crippen molar-refractivity contribution in [2.75, 3.05) is 11.9 Å². The van der Waals surface area contributed by atoms with Gasteiger partial charge in [0, 0.05) is 19.6 Å². The van der Waals surface area contributed by atoms with Crippen molar-refractivity contribution in [1.82, 2.24) is 19.1 Å². The summed E-state index contributed by atoms with van der Waals surface area (Å²) in [6, 6.07) is 0.137. The molecule has 1 saturated carbocycles. The number of nitrogens with one attached hydrogen (secondary N) is 2. The zero-order chi connectivity index (χ0) is 15.0. The highest BCUT2D eigenvalue weighted by atomic mass is 16.2. The van der Waals surface area contributed by atoms with E-state index in [1.54, 1.807) is 4.57 Å². The molecule has 0 spiro atoms. The summed E-state index contributed by atoms with van der Waals surface area (Å²) in [5.41, 5.74) is 0.289. The molecule has 3 rings (SSSR count). The molecule has 0 saturated heterocycles. The van der Waals surface area contributed by atoms with Crippen LogP contribution in [-0.4, -0.2) is 25.6 Å². The molecule has 0 aliphatic heterocycles. The first kappa shape index (κ1) is 13.9. The molecule has 7 nitrogen and oxygen atoms in total. The highest BCUT2D eigenvalue weighted by molar-refractivity contribution is 5.72. The summed E-state index contributed by atoms with van der Waals surface area (Å²) < 4.78 is 2.87.